The normalized spacial score (nSPS) is 14.4. The molecule has 2 aromatic carbocycles. The molecule has 1 saturated heterocycles. The van der Waals surface area contributed by atoms with Crippen LogP contribution >= 0.6 is 0 Å². The van der Waals surface area contributed by atoms with Gasteiger partial charge in [-0.1, -0.05) is 18.2 Å². The number of piperidine rings is 1. The molecule has 0 aromatic heterocycles. The number of carbonyl (C=O) groups is 2. The van der Waals surface area contributed by atoms with Crippen molar-refractivity contribution in [2.45, 2.75) is 32.4 Å². The molecule has 0 bridgehead atoms. The highest BCUT2D eigenvalue weighted by molar-refractivity contribution is 5.97. The van der Waals surface area contributed by atoms with Crippen LogP contribution in [0.3, 0.4) is 0 Å². The Morgan fingerprint density at radius 2 is 1.90 bits per heavy atom. The van der Waals surface area contributed by atoms with E-state index in [-0.39, 0.29) is 30.3 Å². The summed E-state index contributed by atoms with van der Waals surface area (Å²) in [6, 6.07) is 11.3. The van der Waals surface area contributed by atoms with Crippen LogP contribution in [0.15, 0.2) is 42.5 Å². The number of hydrogen-bond acceptors (Lipinski definition) is 4. The summed E-state index contributed by atoms with van der Waals surface area (Å²) in [5.74, 6) is 0.287. The predicted molar refractivity (Wildman–Crippen MR) is 106 cm³/mol. The van der Waals surface area contributed by atoms with E-state index in [1.165, 1.54) is 13.2 Å². The number of ether oxygens (including phenoxy) is 2. The molecule has 3 rings (SSSR count). The van der Waals surface area contributed by atoms with Gasteiger partial charge in [-0.2, -0.15) is 0 Å². The number of amides is 2. The summed E-state index contributed by atoms with van der Waals surface area (Å²) in [4.78, 5) is 26.0. The second-order valence-electron chi connectivity index (χ2n) is 6.96. The lowest BCUT2D eigenvalue weighted by Gasteiger charge is -2.31. The van der Waals surface area contributed by atoms with E-state index in [2.05, 4.69) is 5.32 Å². The summed E-state index contributed by atoms with van der Waals surface area (Å²) in [5.41, 5.74) is 0.734. The van der Waals surface area contributed by atoms with Crippen molar-refractivity contribution in [3.8, 4) is 11.5 Å². The Morgan fingerprint density at radius 3 is 2.55 bits per heavy atom. The molecule has 2 aromatic rings. The van der Waals surface area contributed by atoms with Gasteiger partial charge in [0.25, 0.3) is 5.91 Å². The van der Waals surface area contributed by atoms with E-state index in [0.29, 0.717) is 48.6 Å². The fourth-order valence-corrected chi connectivity index (χ4v) is 3.30. The third-order valence-electron chi connectivity index (χ3n) is 5.01. The first kappa shape index (κ1) is 20.6. The molecule has 0 radical (unpaired) electrons. The molecule has 2 amide bonds. The van der Waals surface area contributed by atoms with Gasteiger partial charge in [0.15, 0.2) is 0 Å². The molecule has 1 heterocycles. The summed E-state index contributed by atoms with van der Waals surface area (Å²) in [6.45, 7) is 2.89. The van der Waals surface area contributed by atoms with Gasteiger partial charge >= 0.3 is 0 Å². The Hall–Kier alpha value is -3.09. The fraction of sp³-hybridized carbons (Fsp3) is 0.364. The number of nitrogens with one attached hydrogen (secondary N) is 1. The minimum Gasteiger partial charge on any atom is -0.497 e. The van der Waals surface area contributed by atoms with Crippen molar-refractivity contribution in [3.63, 3.8) is 0 Å². The van der Waals surface area contributed by atoms with Gasteiger partial charge in [-0.3, -0.25) is 9.59 Å². The van der Waals surface area contributed by atoms with Gasteiger partial charge in [0, 0.05) is 45.0 Å². The van der Waals surface area contributed by atoms with E-state index in [4.69, 9.17) is 9.47 Å². The van der Waals surface area contributed by atoms with Gasteiger partial charge in [0.1, 0.15) is 23.4 Å². The van der Waals surface area contributed by atoms with E-state index in [1.807, 2.05) is 0 Å². The zero-order chi connectivity index (χ0) is 20.8. The highest BCUT2D eigenvalue weighted by Gasteiger charge is 2.24. The lowest BCUT2D eigenvalue weighted by atomic mass is 10.1. The van der Waals surface area contributed by atoms with Gasteiger partial charge in [-0.05, 0) is 24.3 Å². The molecule has 0 unspecified atom stereocenters. The first-order valence-corrected chi connectivity index (χ1v) is 9.59. The molecule has 1 N–H and O–H groups in total. The van der Waals surface area contributed by atoms with Crippen molar-refractivity contribution in [1.82, 2.24) is 10.2 Å². The lowest BCUT2D eigenvalue weighted by Crippen LogP contribution is -2.40. The summed E-state index contributed by atoms with van der Waals surface area (Å²) in [7, 11) is 1.52. The minimum absolute atomic E-state index is 0.0566. The molecule has 0 atom stereocenters. The second kappa shape index (κ2) is 9.41. The SMILES string of the molecule is COc1ccc(OC2CCN(C(C)=O)CC2)c(C(=O)NCc2ccccc2F)c1. The van der Waals surface area contributed by atoms with Gasteiger partial charge < -0.3 is 19.7 Å². The topological polar surface area (TPSA) is 67.9 Å². The average Bonchev–Trinajstić information content (AvgIpc) is 2.73. The fourth-order valence-electron chi connectivity index (χ4n) is 3.30. The molecule has 154 valence electrons. The highest BCUT2D eigenvalue weighted by Crippen LogP contribution is 2.27. The Kier molecular flexibility index (Phi) is 6.69. The summed E-state index contributed by atoms with van der Waals surface area (Å²) in [6.07, 6.45) is 1.31. The third-order valence-corrected chi connectivity index (χ3v) is 5.01. The Morgan fingerprint density at radius 1 is 1.17 bits per heavy atom. The van der Waals surface area contributed by atoms with Crippen molar-refractivity contribution in [2.24, 2.45) is 0 Å². The molecule has 7 heteroatoms. The lowest BCUT2D eigenvalue weighted by molar-refractivity contribution is -0.130. The molecule has 0 aliphatic carbocycles. The van der Waals surface area contributed by atoms with Crippen molar-refractivity contribution in [2.75, 3.05) is 20.2 Å². The third kappa shape index (κ3) is 5.25. The maximum Gasteiger partial charge on any atom is 0.255 e. The monoisotopic (exact) mass is 400 g/mol. The van der Waals surface area contributed by atoms with Gasteiger partial charge in [-0.25, -0.2) is 4.39 Å². The first-order valence-electron chi connectivity index (χ1n) is 9.59. The van der Waals surface area contributed by atoms with E-state index < -0.39 is 0 Å². The van der Waals surface area contributed by atoms with Gasteiger partial charge in [0.05, 0.1) is 12.7 Å². The zero-order valence-corrected chi connectivity index (χ0v) is 16.6. The summed E-state index contributed by atoms with van der Waals surface area (Å²) < 4.78 is 25.1. The van der Waals surface area contributed by atoms with Crippen molar-refractivity contribution < 1.29 is 23.5 Å². The summed E-state index contributed by atoms with van der Waals surface area (Å²) >= 11 is 0. The number of carbonyl (C=O) groups excluding carboxylic acids is 2. The van der Waals surface area contributed by atoms with Crippen molar-refractivity contribution in [1.29, 1.82) is 0 Å². The Bertz CT molecular complexity index is 879. The van der Waals surface area contributed by atoms with E-state index in [0.717, 1.165) is 0 Å². The number of nitrogens with zero attached hydrogens (tertiary/aromatic N) is 1. The molecule has 0 saturated carbocycles. The molecular weight excluding hydrogens is 375 g/mol. The van der Waals surface area contributed by atoms with Gasteiger partial charge in [0.2, 0.25) is 5.91 Å². The highest BCUT2D eigenvalue weighted by atomic mass is 19.1. The van der Waals surface area contributed by atoms with Crippen LogP contribution in [0.2, 0.25) is 0 Å². The van der Waals surface area contributed by atoms with Crippen molar-refractivity contribution in [3.05, 3.63) is 59.4 Å². The van der Waals surface area contributed by atoms with Crippen LogP contribution < -0.4 is 14.8 Å². The number of benzene rings is 2. The smallest absolute Gasteiger partial charge is 0.255 e. The van der Waals surface area contributed by atoms with Crippen molar-refractivity contribution >= 4 is 11.8 Å². The molecule has 0 spiro atoms. The molecule has 1 fully saturated rings. The number of rotatable bonds is 6. The molecule has 29 heavy (non-hydrogen) atoms. The standard InChI is InChI=1S/C22H25FN2O4/c1-15(26)25-11-9-17(10-12-25)29-21-8-7-18(28-2)13-19(21)22(27)24-14-16-5-3-4-6-20(16)23/h3-8,13,17H,9-12,14H2,1-2H3,(H,24,27). The van der Waals surface area contributed by atoms with Gasteiger partial charge in [-0.15, -0.1) is 0 Å². The quantitative estimate of drug-likeness (QED) is 0.809. The van der Waals surface area contributed by atoms with E-state index in [1.54, 1.807) is 48.2 Å². The first-order chi connectivity index (χ1) is 14.0. The largest absolute Gasteiger partial charge is 0.497 e. The zero-order valence-electron chi connectivity index (χ0n) is 16.6. The van der Waals surface area contributed by atoms with Crippen LogP contribution in [0.4, 0.5) is 4.39 Å². The molecule has 6 nitrogen and oxygen atoms in total. The van der Waals surface area contributed by atoms with Crippen LogP contribution in [0, 0.1) is 5.82 Å². The molecule has 1 aliphatic rings. The van der Waals surface area contributed by atoms with Crippen LogP contribution in [0.25, 0.3) is 0 Å². The second-order valence-corrected chi connectivity index (χ2v) is 6.96. The van der Waals surface area contributed by atoms with Crippen LogP contribution in [-0.4, -0.2) is 43.0 Å². The minimum atomic E-state index is -0.372. The predicted octanol–water partition coefficient (Wildman–Crippen LogP) is 3.15. The van der Waals surface area contributed by atoms with Crippen LogP contribution in [0.1, 0.15) is 35.7 Å². The maximum absolute atomic E-state index is 13.8. The van der Waals surface area contributed by atoms with E-state index in [9.17, 15) is 14.0 Å². The maximum atomic E-state index is 13.8. The summed E-state index contributed by atoms with van der Waals surface area (Å²) in [5, 5.41) is 2.74. The Labute approximate surface area is 169 Å². The number of hydrogen-bond donors (Lipinski definition) is 1. The van der Waals surface area contributed by atoms with Crippen LogP contribution in [0.5, 0.6) is 11.5 Å². The molecular formula is C22H25FN2O4. The molecule has 1 aliphatic heterocycles. The van der Waals surface area contributed by atoms with E-state index >= 15 is 0 Å². The Balaban J connectivity index is 1.71. The number of methoxy groups -OCH3 is 1. The number of halogens is 1. The average molecular weight is 400 g/mol. The van der Waals surface area contributed by atoms with Crippen LogP contribution in [-0.2, 0) is 11.3 Å². The number of likely N-dealkylation sites (tertiary alicyclic amines) is 1.